The number of pyridine rings is 1. The Balaban J connectivity index is 1.06. The molecule has 236 valence electrons. The van der Waals surface area contributed by atoms with E-state index in [1.54, 1.807) is 36.7 Å². The first kappa shape index (κ1) is 30.4. The number of nitrogens with two attached hydrogens (primary N) is 1. The number of carbonyl (C=O) groups excluding carboxylic acids is 2. The largest absolute Gasteiger partial charge is 0.490 e. The van der Waals surface area contributed by atoms with E-state index in [4.69, 9.17) is 15.2 Å². The van der Waals surface area contributed by atoms with E-state index < -0.39 is 23.2 Å². The summed E-state index contributed by atoms with van der Waals surface area (Å²) in [6.07, 6.45) is 1.26. The topological polar surface area (TPSA) is 128 Å². The molecule has 2 aliphatic rings. The monoisotopic (exact) mass is 622 g/mol. The Morgan fingerprint density at radius 3 is 2.49 bits per heavy atom. The second kappa shape index (κ2) is 11.1. The van der Waals surface area contributed by atoms with E-state index in [-0.39, 0.29) is 52.5 Å². The second-order valence-corrected chi connectivity index (χ2v) is 12.7. The smallest absolute Gasteiger partial charge is 0.417 e. The van der Waals surface area contributed by atoms with Crippen LogP contribution in [0.3, 0.4) is 0 Å². The van der Waals surface area contributed by atoms with Crippen LogP contribution in [0.15, 0.2) is 67.0 Å². The minimum Gasteiger partial charge on any atom is -0.490 e. The maximum atomic E-state index is 13.6. The zero-order valence-corrected chi connectivity index (χ0v) is 24.7. The van der Waals surface area contributed by atoms with E-state index in [1.165, 1.54) is 42.6 Å². The number of primary amides is 1. The number of aliphatic hydroxyl groups is 1. The van der Waals surface area contributed by atoms with Crippen LogP contribution < -0.4 is 20.5 Å². The number of alkyl halides is 3. The molecule has 45 heavy (non-hydrogen) atoms. The van der Waals surface area contributed by atoms with Crippen molar-refractivity contribution in [3.05, 3.63) is 83.7 Å². The first-order valence-electron chi connectivity index (χ1n) is 14.6. The van der Waals surface area contributed by atoms with Crippen molar-refractivity contribution in [2.24, 2.45) is 11.1 Å². The van der Waals surface area contributed by atoms with Crippen molar-refractivity contribution < 1.29 is 37.3 Å². The van der Waals surface area contributed by atoms with Crippen molar-refractivity contribution in [2.45, 2.75) is 63.5 Å². The number of aromatic nitrogens is 2. The van der Waals surface area contributed by atoms with Crippen LogP contribution in [-0.2, 0) is 6.18 Å². The van der Waals surface area contributed by atoms with Gasteiger partial charge in [0, 0.05) is 6.04 Å². The summed E-state index contributed by atoms with van der Waals surface area (Å²) in [6.45, 7) is 3.40. The van der Waals surface area contributed by atoms with Crippen molar-refractivity contribution in [3.63, 3.8) is 0 Å². The molecule has 6 rings (SSSR count). The van der Waals surface area contributed by atoms with Gasteiger partial charge in [-0.15, -0.1) is 0 Å². The van der Waals surface area contributed by atoms with Crippen LogP contribution in [-0.4, -0.2) is 50.9 Å². The molecule has 1 spiro atoms. The number of hydrogen-bond donors (Lipinski definition) is 3. The Kier molecular flexibility index (Phi) is 7.51. The molecule has 0 saturated heterocycles. The molecule has 2 aromatic heterocycles. The van der Waals surface area contributed by atoms with Crippen LogP contribution in [0.2, 0.25) is 0 Å². The van der Waals surface area contributed by atoms with E-state index in [0.29, 0.717) is 29.7 Å². The van der Waals surface area contributed by atoms with Crippen molar-refractivity contribution in [3.8, 4) is 22.6 Å². The summed E-state index contributed by atoms with van der Waals surface area (Å²) in [4.78, 5) is 25.1. The fourth-order valence-electron chi connectivity index (χ4n) is 6.31. The number of halogens is 3. The Bertz CT molecular complexity index is 1760. The van der Waals surface area contributed by atoms with Gasteiger partial charge in [0.25, 0.3) is 11.8 Å². The molecule has 12 heteroatoms. The average Bonchev–Trinajstić information content (AvgIpc) is 3.36. The maximum absolute atomic E-state index is 13.6. The first-order valence-corrected chi connectivity index (χ1v) is 14.6. The number of ether oxygens (including phenoxy) is 2. The van der Waals surface area contributed by atoms with Gasteiger partial charge in [0.15, 0.2) is 0 Å². The fourth-order valence-corrected chi connectivity index (χ4v) is 6.31. The Morgan fingerprint density at radius 2 is 1.80 bits per heavy atom. The molecular weight excluding hydrogens is 589 g/mol. The van der Waals surface area contributed by atoms with Gasteiger partial charge in [-0.1, -0.05) is 24.3 Å². The highest BCUT2D eigenvalue weighted by atomic mass is 19.4. The Hall–Kier alpha value is -4.58. The van der Waals surface area contributed by atoms with Crippen LogP contribution in [0.25, 0.3) is 16.6 Å². The normalized spacial score (nSPS) is 21.2. The lowest BCUT2D eigenvalue weighted by molar-refractivity contribution is -0.137. The summed E-state index contributed by atoms with van der Waals surface area (Å²) in [5.74, 6) is -0.290. The van der Waals surface area contributed by atoms with Gasteiger partial charge in [0.05, 0.1) is 46.3 Å². The molecule has 2 saturated carbocycles. The molecule has 0 radical (unpaired) electrons. The summed E-state index contributed by atoms with van der Waals surface area (Å²) in [5, 5.41) is 17.2. The number of amides is 2. The number of hydrogen-bond acceptors (Lipinski definition) is 6. The van der Waals surface area contributed by atoms with Crippen LogP contribution in [0.1, 0.15) is 65.8 Å². The number of nitrogens with zero attached hydrogens (tertiary/aromatic N) is 2. The molecule has 0 unspecified atom stereocenters. The van der Waals surface area contributed by atoms with Gasteiger partial charge in [-0.05, 0) is 86.4 Å². The second-order valence-electron chi connectivity index (χ2n) is 12.7. The third kappa shape index (κ3) is 6.32. The molecule has 4 N–H and O–H groups in total. The van der Waals surface area contributed by atoms with Crippen LogP contribution in [0, 0.1) is 5.41 Å². The summed E-state index contributed by atoms with van der Waals surface area (Å²) in [5.41, 5.74) is 5.19. The van der Waals surface area contributed by atoms with E-state index >= 15 is 0 Å². The van der Waals surface area contributed by atoms with Crippen molar-refractivity contribution in [1.82, 2.24) is 14.9 Å². The van der Waals surface area contributed by atoms with Gasteiger partial charge in [0.2, 0.25) is 0 Å². The van der Waals surface area contributed by atoms with Crippen molar-refractivity contribution in [1.29, 1.82) is 0 Å². The van der Waals surface area contributed by atoms with Gasteiger partial charge in [-0.3, -0.25) is 9.59 Å². The molecule has 9 nitrogen and oxygen atoms in total. The molecule has 2 aromatic carbocycles. The van der Waals surface area contributed by atoms with Crippen molar-refractivity contribution in [2.75, 3.05) is 6.61 Å². The van der Waals surface area contributed by atoms with E-state index in [1.807, 2.05) is 0 Å². The van der Waals surface area contributed by atoms with Crippen LogP contribution >= 0.6 is 0 Å². The Morgan fingerprint density at radius 1 is 1.07 bits per heavy atom. The number of benzene rings is 2. The van der Waals surface area contributed by atoms with E-state index in [0.717, 1.165) is 18.9 Å². The third-order valence-electron chi connectivity index (χ3n) is 8.43. The molecule has 2 heterocycles. The highest BCUT2D eigenvalue weighted by Gasteiger charge is 2.54. The number of fused-ring (bicyclic) bond motifs is 1. The van der Waals surface area contributed by atoms with Gasteiger partial charge < -0.3 is 25.6 Å². The SMILES string of the molecule is CC(C)(O)COc1ccc2c(C(=O)NC3CC4(C3)CC(Oc3cc(-c5ccccc5C(F)(F)F)ccc3C(N)=O)C4)cnn2c1. The molecule has 0 aliphatic heterocycles. The molecule has 2 amide bonds. The number of carbonyl (C=O) groups is 2. The predicted octanol–water partition coefficient (Wildman–Crippen LogP) is 5.39. The molecular formula is C33H33F3N4O5. The van der Waals surface area contributed by atoms with E-state index in [9.17, 15) is 27.9 Å². The molecule has 0 bridgehead atoms. The maximum Gasteiger partial charge on any atom is 0.417 e. The quantitative estimate of drug-likeness (QED) is 0.230. The summed E-state index contributed by atoms with van der Waals surface area (Å²) < 4.78 is 54.2. The third-order valence-corrected chi connectivity index (χ3v) is 8.43. The van der Waals surface area contributed by atoms with Gasteiger partial charge in [0.1, 0.15) is 18.1 Å². The zero-order chi connectivity index (χ0) is 32.1. The highest BCUT2D eigenvalue weighted by Crippen LogP contribution is 2.57. The highest BCUT2D eigenvalue weighted by molar-refractivity contribution is 6.01. The Labute approximate surface area is 257 Å². The lowest BCUT2D eigenvalue weighted by Gasteiger charge is -2.57. The van der Waals surface area contributed by atoms with Gasteiger partial charge in [-0.2, -0.15) is 18.3 Å². The number of rotatable bonds is 9. The minimum atomic E-state index is -4.54. The summed E-state index contributed by atoms with van der Waals surface area (Å²) in [7, 11) is 0. The molecule has 2 aliphatic carbocycles. The zero-order valence-electron chi connectivity index (χ0n) is 24.7. The summed E-state index contributed by atoms with van der Waals surface area (Å²) >= 11 is 0. The van der Waals surface area contributed by atoms with Gasteiger partial charge in [-0.25, -0.2) is 4.52 Å². The van der Waals surface area contributed by atoms with Crippen LogP contribution in [0.4, 0.5) is 13.2 Å². The number of nitrogens with one attached hydrogen (secondary N) is 1. The standard InChI is InChI=1S/C33H33F3N4O5/c1-31(2,43)18-44-21-8-10-27-25(16-38-40(27)17-21)30(42)39-20-12-32(13-20)14-22(15-32)45-28-11-19(7-9-24(28)29(37)41)23-5-3-4-6-26(23)33(34,35)36/h3-11,16-17,20,22,43H,12-15,18H2,1-2H3,(H2,37,41)(H,39,42). The molecule has 0 atom stereocenters. The van der Waals surface area contributed by atoms with E-state index in [2.05, 4.69) is 10.4 Å². The average molecular weight is 623 g/mol. The summed E-state index contributed by atoms with van der Waals surface area (Å²) in [6, 6.07) is 13.0. The fraction of sp³-hybridized carbons (Fsp3) is 0.364. The molecule has 2 fully saturated rings. The lowest BCUT2D eigenvalue weighted by Crippen LogP contribution is -2.58. The lowest BCUT2D eigenvalue weighted by atomic mass is 9.53. The van der Waals surface area contributed by atoms with Crippen LogP contribution in [0.5, 0.6) is 11.5 Å². The predicted molar refractivity (Wildman–Crippen MR) is 159 cm³/mol. The van der Waals surface area contributed by atoms with Gasteiger partial charge >= 0.3 is 6.18 Å². The first-order chi connectivity index (χ1) is 21.2. The molecule has 4 aromatic rings. The van der Waals surface area contributed by atoms with Crippen molar-refractivity contribution >= 4 is 17.3 Å². The minimum absolute atomic E-state index is 0.0101.